The molecule has 188 valence electrons. The number of amides is 1. The lowest BCUT2D eigenvalue weighted by molar-refractivity contribution is 0.0981. The molecule has 0 unspecified atom stereocenters. The van der Waals surface area contributed by atoms with Gasteiger partial charge in [0.25, 0.3) is 15.9 Å². The van der Waals surface area contributed by atoms with Crippen LogP contribution in [0.1, 0.15) is 52.2 Å². The van der Waals surface area contributed by atoms with Gasteiger partial charge < -0.3 is 5.32 Å². The Kier molecular flexibility index (Phi) is 7.23. The third-order valence-corrected chi connectivity index (χ3v) is 8.58. The van der Waals surface area contributed by atoms with Crippen LogP contribution in [0.15, 0.2) is 83.8 Å². The number of piperidine rings is 1. The van der Waals surface area contributed by atoms with Crippen LogP contribution in [0, 0.1) is 6.92 Å². The van der Waals surface area contributed by atoms with Crippen LogP contribution in [-0.4, -0.2) is 44.4 Å². The second-order valence-electron chi connectivity index (χ2n) is 10.0. The van der Waals surface area contributed by atoms with Gasteiger partial charge in [-0.15, -0.1) is 0 Å². The summed E-state index contributed by atoms with van der Waals surface area (Å²) in [5, 5.41) is 3.86. The first kappa shape index (κ1) is 24.7. The summed E-state index contributed by atoms with van der Waals surface area (Å²) in [6.45, 7) is 4.78. The summed E-state index contributed by atoms with van der Waals surface area (Å²) in [6, 6.07) is 25.6. The molecule has 5 rings (SSSR count). The molecule has 1 amide bonds. The topological polar surface area (TPSA) is 78.5 Å². The van der Waals surface area contributed by atoms with Crippen molar-refractivity contribution in [3.05, 3.63) is 101 Å². The first-order chi connectivity index (χ1) is 17.4. The smallest absolute Gasteiger partial charge is 0.264 e. The Morgan fingerprint density at radius 3 is 2.25 bits per heavy atom. The number of nitrogens with one attached hydrogen (secondary N) is 2. The molecular formula is C29H33N3O3S. The van der Waals surface area contributed by atoms with Crippen LogP contribution in [0.25, 0.3) is 0 Å². The maximum atomic E-state index is 12.5. The zero-order valence-electron chi connectivity index (χ0n) is 20.6. The standard InChI is InChI=1S/C29H33N3O3S/c1-21-7-13-26(14-8-21)36(34,35)31-29(33)24-11-9-22(10-12-24)20-32-17-15-25(16-18-32)30-28-19-27(28)23-5-3-2-4-6-23/h2-14,25,27-28,30H,15-20H2,1H3,(H,31,33)/t27-,28+/m0/s1. The fraction of sp³-hybridized carbons (Fsp3) is 0.345. The molecule has 2 fully saturated rings. The van der Waals surface area contributed by atoms with Gasteiger partial charge >= 0.3 is 0 Å². The molecule has 1 saturated carbocycles. The average molecular weight is 504 g/mol. The summed E-state index contributed by atoms with van der Waals surface area (Å²) >= 11 is 0. The molecule has 2 atom stereocenters. The number of carbonyl (C=O) groups is 1. The monoisotopic (exact) mass is 503 g/mol. The van der Waals surface area contributed by atoms with Gasteiger partial charge in [-0.2, -0.15) is 0 Å². The minimum atomic E-state index is -3.90. The number of nitrogens with zero attached hydrogens (tertiary/aromatic N) is 1. The molecule has 1 saturated heterocycles. The highest BCUT2D eigenvalue weighted by atomic mass is 32.2. The van der Waals surface area contributed by atoms with Crippen molar-refractivity contribution in [1.82, 2.24) is 14.9 Å². The molecule has 2 N–H and O–H groups in total. The summed E-state index contributed by atoms with van der Waals surface area (Å²) < 4.78 is 27.2. The van der Waals surface area contributed by atoms with E-state index in [9.17, 15) is 13.2 Å². The predicted molar refractivity (Wildman–Crippen MR) is 141 cm³/mol. The number of aryl methyl sites for hydroxylation is 1. The Balaban J connectivity index is 1.08. The van der Waals surface area contributed by atoms with E-state index >= 15 is 0 Å². The number of carbonyl (C=O) groups excluding carboxylic acids is 1. The number of hydrogen-bond acceptors (Lipinski definition) is 5. The second-order valence-corrected chi connectivity index (χ2v) is 11.7. The van der Waals surface area contributed by atoms with Gasteiger partial charge in [-0.05, 0) is 74.7 Å². The van der Waals surface area contributed by atoms with E-state index in [1.165, 1.54) is 24.1 Å². The lowest BCUT2D eigenvalue weighted by atomic mass is 10.0. The predicted octanol–water partition coefficient (Wildman–Crippen LogP) is 4.22. The van der Waals surface area contributed by atoms with Gasteiger partial charge in [-0.3, -0.25) is 9.69 Å². The van der Waals surface area contributed by atoms with Crippen molar-refractivity contribution in [2.75, 3.05) is 13.1 Å². The van der Waals surface area contributed by atoms with E-state index < -0.39 is 15.9 Å². The molecule has 36 heavy (non-hydrogen) atoms. The number of sulfonamides is 1. The van der Waals surface area contributed by atoms with E-state index in [2.05, 4.69) is 45.3 Å². The van der Waals surface area contributed by atoms with Crippen LogP contribution < -0.4 is 10.0 Å². The van der Waals surface area contributed by atoms with Crippen molar-refractivity contribution in [2.45, 2.75) is 55.6 Å². The summed E-state index contributed by atoms with van der Waals surface area (Å²) in [5.41, 5.74) is 3.84. The Bertz CT molecular complexity index is 1280. The normalized spacial score (nSPS) is 20.7. The van der Waals surface area contributed by atoms with Gasteiger partial charge in [0.15, 0.2) is 0 Å². The second kappa shape index (κ2) is 10.5. The zero-order chi connectivity index (χ0) is 25.1. The molecule has 3 aromatic rings. The first-order valence-electron chi connectivity index (χ1n) is 12.6. The number of likely N-dealkylation sites (tertiary alicyclic amines) is 1. The summed E-state index contributed by atoms with van der Waals surface area (Å²) in [6.07, 6.45) is 3.50. The van der Waals surface area contributed by atoms with E-state index in [1.54, 1.807) is 24.3 Å². The molecule has 3 aromatic carbocycles. The summed E-state index contributed by atoms with van der Waals surface area (Å²) in [7, 11) is -3.90. The van der Waals surface area contributed by atoms with E-state index in [0.717, 1.165) is 43.6 Å². The molecule has 1 aliphatic heterocycles. The Hall–Kier alpha value is -3.00. The van der Waals surface area contributed by atoms with Gasteiger partial charge in [0.2, 0.25) is 0 Å². The van der Waals surface area contributed by atoms with Crippen LogP contribution in [0.4, 0.5) is 0 Å². The SMILES string of the molecule is Cc1ccc(S(=O)(=O)NC(=O)c2ccc(CN3CCC(N[C@@H]4C[C@H]4c4ccccc4)CC3)cc2)cc1. The molecule has 1 aliphatic carbocycles. The van der Waals surface area contributed by atoms with Crippen molar-refractivity contribution < 1.29 is 13.2 Å². The van der Waals surface area contributed by atoms with E-state index in [1.807, 2.05) is 19.1 Å². The minimum Gasteiger partial charge on any atom is -0.311 e. The van der Waals surface area contributed by atoms with Crippen molar-refractivity contribution in [3.8, 4) is 0 Å². The molecule has 0 spiro atoms. The van der Waals surface area contributed by atoms with Crippen molar-refractivity contribution in [3.63, 3.8) is 0 Å². The van der Waals surface area contributed by atoms with Crippen molar-refractivity contribution in [2.24, 2.45) is 0 Å². The fourth-order valence-corrected chi connectivity index (χ4v) is 5.96. The minimum absolute atomic E-state index is 0.0771. The first-order valence-corrected chi connectivity index (χ1v) is 14.1. The molecule has 0 bridgehead atoms. The van der Waals surface area contributed by atoms with Crippen molar-refractivity contribution >= 4 is 15.9 Å². The molecule has 0 aromatic heterocycles. The van der Waals surface area contributed by atoms with Gasteiger partial charge in [0, 0.05) is 30.1 Å². The molecule has 0 radical (unpaired) electrons. The van der Waals surface area contributed by atoms with E-state index in [0.29, 0.717) is 23.6 Å². The number of hydrogen-bond donors (Lipinski definition) is 2. The van der Waals surface area contributed by atoms with E-state index in [4.69, 9.17) is 0 Å². The van der Waals surface area contributed by atoms with E-state index in [-0.39, 0.29) is 4.90 Å². The highest BCUT2D eigenvalue weighted by Gasteiger charge is 2.39. The average Bonchev–Trinajstić information content (AvgIpc) is 3.65. The van der Waals surface area contributed by atoms with Gasteiger partial charge in [0.05, 0.1) is 4.90 Å². The molecule has 1 heterocycles. The highest BCUT2D eigenvalue weighted by Crippen LogP contribution is 2.41. The van der Waals surface area contributed by atoms with Crippen LogP contribution in [0.2, 0.25) is 0 Å². The van der Waals surface area contributed by atoms with Gasteiger partial charge in [-0.25, -0.2) is 13.1 Å². The molecule has 6 nitrogen and oxygen atoms in total. The lowest BCUT2D eigenvalue weighted by Gasteiger charge is -2.32. The number of benzene rings is 3. The molecule has 7 heteroatoms. The Morgan fingerprint density at radius 1 is 0.917 bits per heavy atom. The van der Waals surface area contributed by atoms with Crippen LogP contribution >= 0.6 is 0 Å². The quantitative estimate of drug-likeness (QED) is 0.481. The third kappa shape index (κ3) is 6.03. The summed E-state index contributed by atoms with van der Waals surface area (Å²) in [4.78, 5) is 15.1. The van der Waals surface area contributed by atoms with Gasteiger partial charge in [0.1, 0.15) is 0 Å². The largest absolute Gasteiger partial charge is 0.311 e. The van der Waals surface area contributed by atoms with Crippen LogP contribution in [0.5, 0.6) is 0 Å². The maximum absolute atomic E-state index is 12.5. The summed E-state index contributed by atoms with van der Waals surface area (Å²) in [5.74, 6) is 0.0368. The zero-order valence-corrected chi connectivity index (χ0v) is 21.4. The van der Waals surface area contributed by atoms with Crippen LogP contribution in [-0.2, 0) is 16.6 Å². The van der Waals surface area contributed by atoms with Gasteiger partial charge in [-0.1, -0.05) is 60.2 Å². The highest BCUT2D eigenvalue weighted by molar-refractivity contribution is 7.90. The fourth-order valence-electron chi connectivity index (χ4n) is 4.99. The maximum Gasteiger partial charge on any atom is 0.264 e. The molecular weight excluding hydrogens is 470 g/mol. The third-order valence-electron chi connectivity index (χ3n) is 7.24. The Labute approximate surface area is 213 Å². The number of rotatable bonds is 8. The van der Waals surface area contributed by atoms with Crippen molar-refractivity contribution in [1.29, 1.82) is 0 Å². The lowest BCUT2D eigenvalue weighted by Crippen LogP contribution is -2.43. The van der Waals surface area contributed by atoms with Crippen LogP contribution in [0.3, 0.4) is 0 Å². The Morgan fingerprint density at radius 2 is 1.58 bits per heavy atom. The molecule has 2 aliphatic rings.